The summed E-state index contributed by atoms with van der Waals surface area (Å²) in [5.41, 5.74) is 0.212. The Labute approximate surface area is 190 Å². The minimum atomic E-state index is -4.44. The molecule has 0 bridgehead atoms. The second-order valence-electron chi connectivity index (χ2n) is 6.99. The van der Waals surface area contributed by atoms with Crippen molar-refractivity contribution in [3.8, 4) is 17.2 Å². The monoisotopic (exact) mass is 519 g/mol. The number of ether oxygens (including phenoxy) is 2. The van der Waals surface area contributed by atoms with Crippen LogP contribution in [0.4, 0.5) is 18.9 Å². The first-order valence-electron chi connectivity index (χ1n) is 9.53. The molecule has 0 amide bonds. The van der Waals surface area contributed by atoms with Crippen LogP contribution in [0.2, 0.25) is 0 Å². The maximum absolute atomic E-state index is 12.7. The molecular formula is C21H21BrF3NO6. The number of nitrogens with zero attached hydrogens (tertiary/aromatic N) is 1. The number of Topliss-reactive ketones (excluding diaryl/α,β-unsaturated/α-hetero) is 1. The highest BCUT2D eigenvalue weighted by atomic mass is 79.9. The molecule has 0 aliphatic rings. The molecule has 11 heteroatoms. The van der Waals surface area contributed by atoms with E-state index in [9.17, 15) is 33.2 Å². The highest BCUT2D eigenvalue weighted by Crippen LogP contribution is 2.36. The van der Waals surface area contributed by atoms with E-state index in [0.717, 1.165) is 0 Å². The van der Waals surface area contributed by atoms with Gasteiger partial charge in [0.25, 0.3) is 5.69 Å². The number of nitro benzene ring substituents is 1. The fraction of sp³-hybridized carbons (Fsp3) is 0.381. The van der Waals surface area contributed by atoms with Gasteiger partial charge < -0.3 is 14.6 Å². The molecule has 0 radical (unpaired) electrons. The zero-order valence-electron chi connectivity index (χ0n) is 17.3. The molecule has 174 valence electrons. The van der Waals surface area contributed by atoms with Crippen molar-refractivity contribution in [2.24, 2.45) is 0 Å². The number of nitro groups is 1. The lowest BCUT2D eigenvalue weighted by Crippen LogP contribution is -2.11. The lowest BCUT2D eigenvalue weighted by molar-refractivity contribution is -0.385. The molecule has 0 aliphatic heterocycles. The van der Waals surface area contributed by atoms with E-state index in [1.165, 1.54) is 25.1 Å². The number of halogens is 4. The van der Waals surface area contributed by atoms with E-state index >= 15 is 0 Å². The van der Waals surface area contributed by atoms with Crippen molar-refractivity contribution < 1.29 is 37.5 Å². The van der Waals surface area contributed by atoms with E-state index in [4.69, 9.17) is 9.47 Å². The van der Waals surface area contributed by atoms with Crippen molar-refractivity contribution >= 4 is 27.4 Å². The van der Waals surface area contributed by atoms with Crippen LogP contribution in [-0.4, -0.2) is 35.2 Å². The highest BCUT2D eigenvalue weighted by Gasteiger charge is 2.29. The first-order chi connectivity index (χ1) is 14.9. The van der Waals surface area contributed by atoms with Gasteiger partial charge >= 0.3 is 6.18 Å². The lowest BCUT2D eigenvalue weighted by Gasteiger charge is -2.16. The van der Waals surface area contributed by atoms with E-state index < -0.39 is 35.5 Å². The summed E-state index contributed by atoms with van der Waals surface area (Å²) in [4.78, 5) is 22.1. The Morgan fingerprint density at radius 3 is 2.38 bits per heavy atom. The molecular weight excluding hydrogens is 499 g/mol. The Morgan fingerprint density at radius 2 is 1.81 bits per heavy atom. The zero-order chi connectivity index (χ0) is 24.1. The quantitative estimate of drug-likeness (QED) is 0.181. The largest absolute Gasteiger partial charge is 0.507 e. The van der Waals surface area contributed by atoms with Crippen LogP contribution in [-0.2, 0) is 6.42 Å². The van der Waals surface area contributed by atoms with Gasteiger partial charge in [0.1, 0.15) is 17.2 Å². The van der Waals surface area contributed by atoms with Crippen LogP contribution in [0, 0.1) is 17.0 Å². The summed E-state index contributed by atoms with van der Waals surface area (Å²) in [5.74, 6) is -0.680. The Kier molecular flexibility index (Phi) is 8.48. The van der Waals surface area contributed by atoms with Gasteiger partial charge in [-0.05, 0) is 54.4 Å². The maximum Gasteiger partial charge on any atom is 0.389 e. The Hall–Kier alpha value is -2.82. The predicted molar refractivity (Wildman–Crippen MR) is 114 cm³/mol. The SMILES string of the molecule is CC(=O)c1ccc(OCCCOc2cc([N+](=O)[O-])c(C)cc2Br)c(CCC(F)(F)F)c1O. The number of aryl methyl sites for hydroxylation is 1. The van der Waals surface area contributed by atoms with Gasteiger partial charge in [-0.1, -0.05) is 0 Å². The summed E-state index contributed by atoms with van der Waals surface area (Å²) in [5, 5.41) is 21.3. The van der Waals surface area contributed by atoms with Crippen molar-refractivity contribution in [2.45, 2.75) is 39.3 Å². The Bertz CT molecular complexity index is 1010. The van der Waals surface area contributed by atoms with E-state index in [-0.39, 0.29) is 41.5 Å². The average Bonchev–Trinajstić information content (AvgIpc) is 2.67. The number of carbonyl (C=O) groups is 1. The normalized spacial score (nSPS) is 11.3. The summed E-state index contributed by atoms with van der Waals surface area (Å²) >= 11 is 3.28. The Balaban J connectivity index is 2.03. The molecule has 2 aromatic rings. The molecule has 0 saturated carbocycles. The molecule has 2 rings (SSSR count). The van der Waals surface area contributed by atoms with Crippen molar-refractivity contribution in [3.63, 3.8) is 0 Å². The standard InChI is InChI=1S/C21H21BrF3NO6/c1-12-10-16(22)19(11-17(12)26(29)30)32-9-3-8-31-18-5-4-14(13(2)27)20(28)15(18)6-7-21(23,24)25/h4-5,10-11,28H,3,6-9H2,1-2H3. The molecule has 0 aliphatic carbocycles. The van der Waals surface area contributed by atoms with Crippen LogP contribution in [0.5, 0.6) is 17.2 Å². The van der Waals surface area contributed by atoms with Gasteiger partial charge in [0.2, 0.25) is 0 Å². The number of carbonyl (C=O) groups excluding carboxylic acids is 1. The molecule has 7 nitrogen and oxygen atoms in total. The number of hydrogen-bond acceptors (Lipinski definition) is 6. The second kappa shape index (κ2) is 10.7. The van der Waals surface area contributed by atoms with Crippen molar-refractivity contribution in [1.82, 2.24) is 0 Å². The lowest BCUT2D eigenvalue weighted by atomic mass is 10.0. The van der Waals surface area contributed by atoms with Crippen molar-refractivity contribution in [3.05, 3.63) is 55.5 Å². The molecule has 0 spiro atoms. The van der Waals surface area contributed by atoms with Crippen LogP contribution in [0.3, 0.4) is 0 Å². The van der Waals surface area contributed by atoms with Gasteiger partial charge in [0.05, 0.1) is 34.2 Å². The molecule has 0 fully saturated rings. The van der Waals surface area contributed by atoms with Crippen molar-refractivity contribution in [2.75, 3.05) is 13.2 Å². The first kappa shape index (κ1) is 25.4. The number of phenolic OH excluding ortho intramolecular Hbond substituents is 1. The van der Waals surface area contributed by atoms with Crippen LogP contribution >= 0.6 is 15.9 Å². The summed E-state index contributed by atoms with van der Waals surface area (Å²) < 4.78 is 49.6. The number of ketones is 1. The van der Waals surface area contributed by atoms with Crippen LogP contribution in [0.25, 0.3) is 0 Å². The van der Waals surface area contributed by atoms with Gasteiger partial charge in [0, 0.05) is 24.0 Å². The Morgan fingerprint density at radius 1 is 1.19 bits per heavy atom. The maximum atomic E-state index is 12.7. The second-order valence-corrected chi connectivity index (χ2v) is 7.84. The summed E-state index contributed by atoms with van der Waals surface area (Å²) in [6, 6.07) is 5.51. The number of benzene rings is 2. The molecule has 1 N–H and O–H groups in total. The van der Waals surface area contributed by atoms with E-state index in [0.29, 0.717) is 16.5 Å². The van der Waals surface area contributed by atoms with Crippen LogP contribution in [0.1, 0.15) is 41.3 Å². The third-order valence-corrected chi connectivity index (χ3v) is 5.15. The zero-order valence-corrected chi connectivity index (χ0v) is 18.9. The van der Waals surface area contributed by atoms with Gasteiger partial charge in [-0.25, -0.2) is 0 Å². The minimum Gasteiger partial charge on any atom is -0.507 e. The number of rotatable bonds is 10. The summed E-state index contributed by atoms with van der Waals surface area (Å²) in [6.45, 7) is 2.97. The van der Waals surface area contributed by atoms with Gasteiger partial charge in [0.15, 0.2) is 5.78 Å². The van der Waals surface area contributed by atoms with E-state index in [1.54, 1.807) is 13.0 Å². The molecule has 32 heavy (non-hydrogen) atoms. The minimum absolute atomic E-state index is 0.0451. The molecule has 0 unspecified atom stereocenters. The molecule has 0 atom stereocenters. The number of aromatic hydroxyl groups is 1. The number of hydrogen-bond donors (Lipinski definition) is 1. The van der Waals surface area contributed by atoms with Crippen molar-refractivity contribution in [1.29, 1.82) is 0 Å². The van der Waals surface area contributed by atoms with E-state index in [2.05, 4.69) is 15.9 Å². The molecule has 0 saturated heterocycles. The third-order valence-electron chi connectivity index (χ3n) is 4.53. The van der Waals surface area contributed by atoms with Crippen LogP contribution in [0.15, 0.2) is 28.7 Å². The summed E-state index contributed by atoms with van der Waals surface area (Å²) in [7, 11) is 0. The molecule has 0 aromatic heterocycles. The van der Waals surface area contributed by atoms with E-state index in [1.807, 2.05) is 0 Å². The van der Waals surface area contributed by atoms with Crippen LogP contribution < -0.4 is 9.47 Å². The highest BCUT2D eigenvalue weighted by molar-refractivity contribution is 9.10. The fourth-order valence-electron chi connectivity index (χ4n) is 2.92. The smallest absolute Gasteiger partial charge is 0.389 e. The van der Waals surface area contributed by atoms with Gasteiger partial charge in [-0.2, -0.15) is 13.2 Å². The number of phenols is 1. The number of alkyl halides is 3. The van der Waals surface area contributed by atoms with Gasteiger partial charge in [-0.3, -0.25) is 14.9 Å². The fourth-order valence-corrected chi connectivity index (χ4v) is 3.49. The topological polar surface area (TPSA) is 98.9 Å². The van der Waals surface area contributed by atoms with Gasteiger partial charge in [-0.15, -0.1) is 0 Å². The summed E-state index contributed by atoms with van der Waals surface area (Å²) in [6.07, 6.45) is -5.85. The first-order valence-corrected chi connectivity index (χ1v) is 10.3. The predicted octanol–water partition coefficient (Wildman–Crippen LogP) is 5.92. The molecule has 2 aromatic carbocycles. The average molecular weight is 520 g/mol. The third kappa shape index (κ3) is 6.84. The molecule has 0 heterocycles.